The summed E-state index contributed by atoms with van der Waals surface area (Å²) in [5.41, 5.74) is 0.351. The van der Waals surface area contributed by atoms with Crippen molar-refractivity contribution in [2.75, 3.05) is 18.0 Å². The van der Waals surface area contributed by atoms with Gasteiger partial charge in [-0.2, -0.15) is 4.31 Å². The van der Waals surface area contributed by atoms with Crippen molar-refractivity contribution in [2.45, 2.75) is 24.2 Å². The van der Waals surface area contributed by atoms with E-state index in [1.54, 1.807) is 48.8 Å². The summed E-state index contributed by atoms with van der Waals surface area (Å²) in [4.78, 5) is 23.5. The molecule has 8 heteroatoms. The monoisotopic (exact) mass is 422 g/mol. The Bertz CT molecular complexity index is 1060. The molecule has 0 radical (unpaired) electrons. The first-order chi connectivity index (χ1) is 14.6. The minimum absolute atomic E-state index is 0.197. The van der Waals surface area contributed by atoms with E-state index in [1.807, 2.05) is 0 Å². The number of rotatable bonds is 5. The Morgan fingerprint density at radius 3 is 1.87 bits per heavy atom. The number of hydrogen-bond donors (Lipinski definition) is 0. The number of nitrogens with zero attached hydrogens (tertiary/aromatic N) is 4. The number of benzene rings is 1. The Labute approximate surface area is 176 Å². The molecule has 0 saturated carbocycles. The summed E-state index contributed by atoms with van der Waals surface area (Å²) < 4.78 is 27.2. The number of anilines is 2. The summed E-state index contributed by atoms with van der Waals surface area (Å²) in [5, 5.41) is 0. The van der Waals surface area contributed by atoms with Gasteiger partial charge in [-0.05, 0) is 61.4 Å². The highest BCUT2D eigenvalue weighted by Gasteiger charge is 2.27. The zero-order chi connectivity index (χ0) is 21.0. The Balaban J connectivity index is 1.64. The molecule has 0 unspecified atom stereocenters. The molecule has 0 N–H and O–H groups in total. The molecule has 0 aliphatic carbocycles. The highest BCUT2D eigenvalue weighted by molar-refractivity contribution is 7.89. The highest BCUT2D eigenvalue weighted by Crippen LogP contribution is 2.25. The molecule has 1 aliphatic heterocycles. The van der Waals surface area contributed by atoms with Crippen molar-refractivity contribution >= 4 is 27.6 Å². The molecule has 7 nitrogen and oxygen atoms in total. The topological polar surface area (TPSA) is 83.5 Å². The lowest BCUT2D eigenvalue weighted by Gasteiger charge is -2.26. The number of carbonyl (C=O) groups is 1. The van der Waals surface area contributed by atoms with E-state index in [0.29, 0.717) is 30.3 Å². The molecule has 3 aromatic rings. The number of carbonyl (C=O) groups excluding carboxylic acids is 1. The third-order valence-electron chi connectivity index (χ3n) is 5.01. The van der Waals surface area contributed by atoms with Gasteiger partial charge in [0.1, 0.15) is 11.6 Å². The average molecular weight is 423 g/mol. The summed E-state index contributed by atoms with van der Waals surface area (Å²) >= 11 is 0. The molecule has 0 bridgehead atoms. The van der Waals surface area contributed by atoms with Crippen molar-refractivity contribution < 1.29 is 13.2 Å². The predicted molar refractivity (Wildman–Crippen MR) is 114 cm³/mol. The molecule has 1 fully saturated rings. The zero-order valence-corrected chi connectivity index (χ0v) is 17.2. The Morgan fingerprint density at radius 1 is 0.800 bits per heavy atom. The van der Waals surface area contributed by atoms with E-state index >= 15 is 0 Å². The van der Waals surface area contributed by atoms with Gasteiger partial charge in [0.15, 0.2) is 0 Å². The largest absolute Gasteiger partial charge is 0.268 e. The molecule has 1 amide bonds. The smallest absolute Gasteiger partial charge is 0.265 e. The van der Waals surface area contributed by atoms with Crippen LogP contribution in [0.2, 0.25) is 0 Å². The van der Waals surface area contributed by atoms with Crippen LogP contribution in [0.15, 0.2) is 78.0 Å². The van der Waals surface area contributed by atoms with Crippen LogP contribution in [0.1, 0.15) is 29.6 Å². The van der Waals surface area contributed by atoms with Crippen molar-refractivity contribution in [3.63, 3.8) is 0 Å². The summed E-state index contributed by atoms with van der Waals surface area (Å²) in [6, 6.07) is 16.6. The number of amides is 1. The quantitative estimate of drug-likeness (QED) is 0.627. The van der Waals surface area contributed by atoms with E-state index in [9.17, 15) is 13.2 Å². The summed E-state index contributed by atoms with van der Waals surface area (Å²) in [6.07, 6.45) is 6.01. The first-order valence-corrected chi connectivity index (χ1v) is 11.3. The van der Waals surface area contributed by atoms with E-state index in [1.165, 1.54) is 33.5 Å². The van der Waals surface area contributed by atoms with Crippen LogP contribution < -0.4 is 4.90 Å². The van der Waals surface area contributed by atoms with Crippen LogP contribution in [-0.2, 0) is 10.0 Å². The molecule has 1 saturated heterocycles. The molecule has 154 valence electrons. The molecule has 0 spiro atoms. The predicted octanol–water partition coefficient (Wildman–Crippen LogP) is 3.63. The van der Waals surface area contributed by atoms with Crippen LogP contribution in [-0.4, -0.2) is 41.7 Å². The summed E-state index contributed by atoms with van der Waals surface area (Å²) in [7, 11) is -3.55. The van der Waals surface area contributed by atoms with Crippen molar-refractivity contribution in [3.8, 4) is 0 Å². The number of piperidine rings is 1. The average Bonchev–Trinajstić information content (AvgIpc) is 2.81. The molecular formula is C22H22N4O3S. The van der Waals surface area contributed by atoms with Gasteiger partial charge in [0.05, 0.1) is 4.90 Å². The molecule has 1 aliphatic rings. The van der Waals surface area contributed by atoms with Crippen LogP contribution >= 0.6 is 0 Å². The van der Waals surface area contributed by atoms with Crippen molar-refractivity contribution in [2.24, 2.45) is 0 Å². The van der Waals surface area contributed by atoms with Gasteiger partial charge >= 0.3 is 0 Å². The maximum Gasteiger partial charge on any atom is 0.265 e. The SMILES string of the molecule is O=C(c1ccc(S(=O)(=O)N2CCCCC2)cc1)N(c1ccccn1)c1ccccn1. The number of sulfonamides is 1. The maximum atomic E-state index is 13.3. The second-order valence-corrected chi connectivity index (χ2v) is 8.94. The molecule has 4 rings (SSSR count). The van der Waals surface area contributed by atoms with Gasteiger partial charge < -0.3 is 0 Å². The Kier molecular flexibility index (Phi) is 5.87. The molecular weight excluding hydrogens is 400 g/mol. The van der Waals surface area contributed by atoms with Crippen molar-refractivity contribution in [1.29, 1.82) is 0 Å². The lowest BCUT2D eigenvalue weighted by Crippen LogP contribution is -2.35. The van der Waals surface area contributed by atoms with Crippen LogP contribution in [0.5, 0.6) is 0 Å². The fraction of sp³-hybridized carbons (Fsp3) is 0.227. The fourth-order valence-corrected chi connectivity index (χ4v) is 4.97. The Hall–Kier alpha value is -3.10. The first-order valence-electron chi connectivity index (χ1n) is 9.84. The third-order valence-corrected chi connectivity index (χ3v) is 6.93. The van der Waals surface area contributed by atoms with Crippen LogP contribution in [0, 0.1) is 0 Å². The van der Waals surface area contributed by atoms with Gasteiger partial charge in [0.25, 0.3) is 5.91 Å². The van der Waals surface area contributed by atoms with Gasteiger partial charge in [-0.3, -0.25) is 4.79 Å². The first kappa shape index (κ1) is 20.2. The van der Waals surface area contributed by atoms with Gasteiger partial charge in [0.2, 0.25) is 10.0 Å². The molecule has 2 aromatic heterocycles. The van der Waals surface area contributed by atoms with Gasteiger partial charge in [-0.15, -0.1) is 0 Å². The van der Waals surface area contributed by atoms with Crippen LogP contribution in [0.4, 0.5) is 11.6 Å². The Morgan fingerprint density at radius 2 is 1.37 bits per heavy atom. The van der Waals surface area contributed by atoms with Crippen LogP contribution in [0.25, 0.3) is 0 Å². The van der Waals surface area contributed by atoms with Gasteiger partial charge in [-0.1, -0.05) is 18.6 Å². The molecule has 3 heterocycles. The van der Waals surface area contributed by atoms with Gasteiger partial charge in [-0.25, -0.2) is 23.3 Å². The summed E-state index contributed by atoms with van der Waals surface area (Å²) in [5.74, 6) is 0.534. The number of pyridine rings is 2. The highest BCUT2D eigenvalue weighted by atomic mass is 32.2. The van der Waals surface area contributed by atoms with Crippen molar-refractivity contribution in [3.05, 3.63) is 78.6 Å². The van der Waals surface area contributed by atoms with E-state index in [0.717, 1.165) is 19.3 Å². The van der Waals surface area contributed by atoms with Crippen molar-refractivity contribution in [1.82, 2.24) is 14.3 Å². The fourth-order valence-electron chi connectivity index (χ4n) is 3.45. The van der Waals surface area contributed by atoms with E-state index in [-0.39, 0.29) is 10.8 Å². The molecule has 0 atom stereocenters. The normalized spacial score (nSPS) is 14.9. The second kappa shape index (κ2) is 8.73. The zero-order valence-electron chi connectivity index (χ0n) is 16.4. The number of hydrogen-bond acceptors (Lipinski definition) is 5. The number of aromatic nitrogens is 2. The van der Waals surface area contributed by atoms with E-state index in [2.05, 4.69) is 9.97 Å². The van der Waals surface area contributed by atoms with Crippen LogP contribution in [0.3, 0.4) is 0 Å². The lowest BCUT2D eigenvalue weighted by molar-refractivity contribution is 0.0998. The molecule has 1 aromatic carbocycles. The lowest BCUT2D eigenvalue weighted by atomic mass is 10.2. The van der Waals surface area contributed by atoms with E-state index < -0.39 is 10.0 Å². The van der Waals surface area contributed by atoms with E-state index in [4.69, 9.17) is 0 Å². The second-order valence-electron chi connectivity index (χ2n) is 7.01. The summed E-state index contributed by atoms with van der Waals surface area (Å²) in [6.45, 7) is 1.08. The third kappa shape index (κ3) is 4.10. The molecule has 30 heavy (non-hydrogen) atoms. The van der Waals surface area contributed by atoms with Gasteiger partial charge in [0, 0.05) is 31.0 Å². The standard InChI is InChI=1S/C22H22N4O3S/c27-22(26(20-8-2-4-14-23-20)21-9-3-5-15-24-21)18-10-12-19(13-11-18)30(28,29)25-16-6-1-7-17-25/h2-5,8-15H,1,6-7,16-17H2. The minimum Gasteiger partial charge on any atom is -0.268 e. The minimum atomic E-state index is -3.55. The maximum absolute atomic E-state index is 13.3.